The van der Waals surface area contributed by atoms with Gasteiger partial charge < -0.3 is 9.84 Å². The van der Waals surface area contributed by atoms with Crippen LogP contribution in [0.15, 0.2) is 48.5 Å². The number of benzene rings is 2. The normalized spacial score (nSPS) is 11.9. The van der Waals surface area contributed by atoms with Crippen molar-refractivity contribution in [1.29, 1.82) is 0 Å². The van der Waals surface area contributed by atoms with Gasteiger partial charge in [-0.25, -0.2) is 9.18 Å². The molecule has 2 aromatic carbocycles. The van der Waals surface area contributed by atoms with Crippen molar-refractivity contribution in [3.05, 3.63) is 65.5 Å². The minimum absolute atomic E-state index is 0.204. The molecule has 1 atom stereocenters. The van der Waals surface area contributed by atoms with Crippen molar-refractivity contribution in [3.63, 3.8) is 0 Å². The van der Waals surface area contributed by atoms with Crippen LogP contribution in [0.1, 0.15) is 73.9 Å². The van der Waals surface area contributed by atoms with E-state index in [1.807, 2.05) is 6.07 Å². The number of hydrogen-bond donors (Lipinski definition) is 1. The van der Waals surface area contributed by atoms with E-state index in [9.17, 15) is 9.18 Å². The molecule has 2 aromatic rings. The first-order valence-corrected chi connectivity index (χ1v) is 9.36. The molecule has 0 aliphatic heterocycles. The molecule has 0 saturated heterocycles. The van der Waals surface area contributed by atoms with Gasteiger partial charge in [-0.15, -0.1) is 0 Å². The Bertz CT molecular complexity index is 682. The standard InChI is InChI=1S/C22H27FO3/c1-2-3-4-5-6-7-12-21(19-10-8-9-11-20(19)23)26-18-15-13-17(14-16-18)22(24)25/h8-11,13-16,21H,2-7,12H2,1H3,(H,24,25). The molecule has 1 N–H and O–H groups in total. The quantitative estimate of drug-likeness (QED) is 0.473. The molecule has 4 heteroatoms. The third-order valence-electron chi connectivity index (χ3n) is 4.45. The Kier molecular flexibility index (Phi) is 8.13. The Morgan fingerprint density at radius 2 is 1.65 bits per heavy atom. The highest BCUT2D eigenvalue weighted by molar-refractivity contribution is 5.87. The summed E-state index contributed by atoms with van der Waals surface area (Å²) in [4.78, 5) is 11.0. The van der Waals surface area contributed by atoms with Gasteiger partial charge >= 0.3 is 5.97 Å². The molecule has 140 valence electrons. The van der Waals surface area contributed by atoms with Crippen LogP contribution in [0.25, 0.3) is 0 Å². The Morgan fingerprint density at radius 1 is 1.00 bits per heavy atom. The molecule has 0 radical (unpaired) electrons. The molecule has 0 aliphatic rings. The summed E-state index contributed by atoms with van der Waals surface area (Å²) in [5.41, 5.74) is 0.749. The molecule has 3 nitrogen and oxygen atoms in total. The molecule has 26 heavy (non-hydrogen) atoms. The molecule has 0 saturated carbocycles. The van der Waals surface area contributed by atoms with E-state index in [1.165, 1.54) is 43.9 Å². The zero-order valence-corrected chi connectivity index (χ0v) is 15.3. The van der Waals surface area contributed by atoms with Crippen molar-refractivity contribution < 1.29 is 19.0 Å². The first-order valence-electron chi connectivity index (χ1n) is 9.36. The summed E-state index contributed by atoms with van der Waals surface area (Å²) >= 11 is 0. The Labute approximate surface area is 154 Å². The number of halogens is 1. The summed E-state index contributed by atoms with van der Waals surface area (Å²) < 4.78 is 20.2. The van der Waals surface area contributed by atoms with Gasteiger partial charge in [0.25, 0.3) is 0 Å². The SMILES string of the molecule is CCCCCCCCC(Oc1ccc(C(=O)O)cc1)c1ccccc1F. The van der Waals surface area contributed by atoms with E-state index in [4.69, 9.17) is 9.84 Å². The maximum atomic E-state index is 14.2. The van der Waals surface area contributed by atoms with Crippen molar-refractivity contribution in [2.45, 2.75) is 58.0 Å². The molecular weight excluding hydrogens is 331 g/mol. The van der Waals surface area contributed by atoms with Gasteiger partial charge in [0.2, 0.25) is 0 Å². The number of carboxylic acid groups (broad SMARTS) is 1. The molecular formula is C22H27FO3. The van der Waals surface area contributed by atoms with E-state index in [0.717, 1.165) is 19.3 Å². The fraction of sp³-hybridized carbons (Fsp3) is 0.409. The number of hydrogen-bond acceptors (Lipinski definition) is 2. The first kappa shape index (κ1) is 20.0. The smallest absolute Gasteiger partial charge is 0.335 e. The highest BCUT2D eigenvalue weighted by Crippen LogP contribution is 2.29. The number of carboxylic acids is 1. The van der Waals surface area contributed by atoms with Crippen LogP contribution in [0.5, 0.6) is 5.75 Å². The van der Waals surface area contributed by atoms with E-state index < -0.39 is 5.97 Å². The first-order chi connectivity index (χ1) is 12.6. The van der Waals surface area contributed by atoms with Crippen molar-refractivity contribution in [2.24, 2.45) is 0 Å². The number of ether oxygens (including phenoxy) is 1. The van der Waals surface area contributed by atoms with Gasteiger partial charge in [-0.05, 0) is 43.2 Å². The second kappa shape index (κ2) is 10.6. The van der Waals surface area contributed by atoms with Crippen molar-refractivity contribution in [3.8, 4) is 5.75 Å². The Morgan fingerprint density at radius 3 is 2.31 bits per heavy atom. The number of unbranched alkanes of at least 4 members (excludes halogenated alkanes) is 5. The number of carbonyl (C=O) groups is 1. The predicted molar refractivity (Wildman–Crippen MR) is 101 cm³/mol. The summed E-state index contributed by atoms with van der Waals surface area (Å²) in [6.45, 7) is 2.19. The number of rotatable bonds is 11. The average molecular weight is 358 g/mol. The minimum Gasteiger partial charge on any atom is -0.486 e. The fourth-order valence-corrected chi connectivity index (χ4v) is 2.96. The largest absolute Gasteiger partial charge is 0.486 e. The summed E-state index contributed by atoms with van der Waals surface area (Å²) in [7, 11) is 0. The average Bonchev–Trinajstić information content (AvgIpc) is 2.64. The second-order valence-corrected chi connectivity index (χ2v) is 6.51. The van der Waals surface area contributed by atoms with Crippen molar-refractivity contribution in [2.75, 3.05) is 0 Å². The lowest BCUT2D eigenvalue weighted by Gasteiger charge is -2.20. The van der Waals surface area contributed by atoms with E-state index in [-0.39, 0.29) is 17.5 Å². The van der Waals surface area contributed by atoms with E-state index >= 15 is 0 Å². The van der Waals surface area contributed by atoms with E-state index in [0.29, 0.717) is 11.3 Å². The van der Waals surface area contributed by atoms with Gasteiger partial charge in [-0.3, -0.25) is 0 Å². The van der Waals surface area contributed by atoms with Gasteiger partial charge in [-0.1, -0.05) is 57.2 Å². The lowest BCUT2D eigenvalue weighted by Crippen LogP contribution is -2.10. The van der Waals surface area contributed by atoms with Gasteiger partial charge in [-0.2, -0.15) is 0 Å². The third kappa shape index (κ3) is 6.17. The molecule has 0 aliphatic carbocycles. The van der Waals surface area contributed by atoms with Crippen molar-refractivity contribution >= 4 is 5.97 Å². The number of aromatic carboxylic acids is 1. The molecule has 0 bridgehead atoms. The third-order valence-corrected chi connectivity index (χ3v) is 4.45. The van der Waals surface area contributed by atoms with Gasteiger partial charge in [0.1, 0.15) is 17.7 Å². The highest BCUT2D eigenvalue weighted by Gasteiger charge is 2.17. The van der Waals surface area contributed by atoms with Crippen LogP contribution >= 0.6 is 0 Å². The van der Waals surface area contributed by atoms with Gasteiger partial charge in [0, 0.05) is 5.56 Å². The summed E-state index contributed by atoms with van der Waals surface area (Å²) in [5.74, 6) is -0.700. The van der Waals surface area contributed by atoms with E-state index in [1.54, 1.807) is 24.3 Å². The van der Waals surface area contributed by atoms with Crippen LogP contribution < -0.4 is 4.74 Å². The summed E-state index contributed by atoms with van der Waals surface area (Å²) in [6, 6.07) is 12.9. The lowest BCUT2D eigenvalue weighted by atomic mass is 10.0. The monoisotopic (exact) mass is 358 g/mol. The molecule has 2 rings (SSSR count). The second-order valence-electron chi connectivity index (χ2n) is 6.51. The van der Waals surface area contributed by atoms with Crippen LogP contribution in [-0.2, 0) is 0 Å². The van der Waals surface area contributed by atoms with E-state index in [2.05, 4.69) is 6.92 Å². The fourth-order valence-electron chi connectivity index (χ4n) is 2.96. The van der Waals surface area contributed by atoms with Crippen LogP contribution in [0, 0.1) is 5.82 Å². The molecule has 0 fully saturated rings. The minimum atomic E-state index is -0.978. The van der Waals surface area contributed by atoms with Crippen LogP contribution in [0.3, 0.4) is 0 Å². The maximum Gasteiger partial charge on any atom is 0.335 e. The molecule has 0 amide bonds. The van der Waals surface area contributed by atoms with Gasteiger partial charge in [0.05, 0.1) is 5.56 Å². The zero-order chi connectivity index (χ0) is 18.8. The van der Waals surface area contributed by atoms with Crippen LogP contribution in [0.2, 0.25) is 0 Å². The predicted octanol–water partition coefficient (Wildman–Crippen LogP) is 6.39. The Hall–Kier alpha value is -2.36. The highest BCUT2D eigenvalue weighted by atomic mass is 19.1. The van der Waals surface area contributed by atoms with Crippen LogP contribution in [-0.4, -0.2) is 11.1 Å². The van der Waals surface area contributed by atoms with Gasteiger partial charge in [0.15, 0.2) is 0 Å². The summed E-state index contributed by atoms with van der Waals surface area (Å²) in [5, 5.41) is 8.99. The van der Waals surface area contributed by atoms with Crippen molar-refractivity contribution in [1.82, 2.24) is 0 Å². The summed E-state index contributed by atoms with van der Waals surface area (Å²) in [6.07, 6.45) is 7.31. The molecule has 0 heterocycles. The zero-order valence-electron chi connectivity index (χ0n) is 15.3. The van der Waals surface area contributed by atoms with Crippen LogP contribution in [0.4, 0.5) is 4.39 Å². The Balaban J connectivity index is 2.03. The maximum absolute atomic E-state index is 14.2. The molecule has 0 aromatic heterocycles. The lowest BCUT2D eigenvalue weighted by molar-refractivity contribution is 0.0697. The topological polar surface area (TPSA) is 46.5 Å². The molecule has 1 unspecified atom stereocenters. The molecule has 0 spiro atoms.